The number of nitrogens with two attached hydrogens (primary N) is 1. The highest BCUT2D eigenvalue weighted by molar-refractivity contribution is 6.43. The first-order valence-corrected chi connectivity index (χ1v) is 6.83. The van der Waals surface area contributed by atoms with Gasteiger partial charge in [0.25, 0.3) is 5.91 Å². The Morgan fingerprint density at radius 3 is 2.58 bits per heavy atom. The number of benzene rings is 1. The molecular weight excluding hydrogens is 287 g/mol. The number of halogens is 2. The number of nitrogen functional groups attached to an aromatic ring is 1. The number of aliphatic hydroxyl groups excluding tert-OH is 1. The highest BCUT2D eigenvalue weighted by Gasteiger charge is 2.14. The zero-order chi connectivity index (χ0) is 14.4. The molecule has 0 unspecified atom stereocenters. The van der Waals surface area contributed by atoms with Crippen molar-refractivity contribution in [3.63, 3.8) is 0 Å². The lowest BCUT2D eigenvalue weighted by molar-refractivity contribution is 0.0792. The summed E-state index contributed by atoms with van der Waals surface area (Å²) in [5, 5.41) is 9.23. The predicted molar refractivity (Wildman–Crippen MR) is 78.8 cm³/mol. The van der Waals surface area contributed by atoms with Crippen LogP contribution in [0.4, 0.5) is 5.69 Å². The largest absolute Gasteiger partial charge is 0.397 e. The Bertz CT molecular complexity index is 429. The molecular formula is C13H18Cl2N2O2. The molecule has 1 aromatic carbocycles. The molecule has 106 valence electrons. The second-order valence-electron chi connectivity index (χ2n) is 4.37. The van der Waals surface area contributed by atoms with Crippen molar-refractivity contribution in [3.05, 3.63) is 27.7 Å². The van der Waals surface area contributed by atoms with E-state index in [-0.39, 0.29) is 22.6 Å². The summed E-state index contributed by atoms with van der Waals surface area (Å²) < 4.78 is 0. The van der Waals surface area contributed by atoms with Gasteiger partial charge in [-0.15, -0.1) is 0 Å². The molecule has 0 saturated carbocycles. The third-order valence-corrected chi connectivity index (χ3v) is 3.62. The van der Waals surface area contributed by atoms with E-state index in [9.17, 15) is 4.79 Å². The Morgan fingerprint density at radius 1 is 1.32 bits per heavy atom. The Labute approximate surface area is 123 Å². The second kappa shape index (κ2) is 7.58. The average Bonchev–Trinajstić information content (AvgIpc) is 2.39. The molecule has 3 N–H and O–H groups in total. The summed E-state index contributed by atoms with van der Waals surface area (Å²) in [6.07, 6.45) is 2.49. The van der Waals surface area contributed by atoms with Crippen molar-refractivity contribution < 1.29 is 9.90 Å². The van der Waals surface area contributed by atoms with Gasteiger partial charge in [-0.3, -0.25) is 4.79 Å². The number of hydrogen-bond donors (Lipinski definition) is 2. The molecule has 0 aromatic heterocycles. The van der Waals surface area contributed by atoms with Gasteiger partial charge in [0, 0.05) is 25.8 Å². The number of aliphatic hydroxyl groups is 1. The average molecular weight is 305 g/mol. The molecule has 1 rings (SSSR count). The van der Waals surface area contributed by atoms with Crippen LogP contribution in [0, 0.1) is 0 Å². The number of anilines is 1. The fourth-order valence-electron chi connectivity index (χ4n) is 1.69. The van der Waals surface area contributed by atoms with Crippen molar-refractivity contribution in [1.82, 2.24) is 4.90 Å². The molecule has 0 fully saturated rings. The summed E-state index contributed by atoms with van der Waals surface area (Å²) in [7, 11) is 1.72. The lowest BCUT2D eigenvalue weighted by atomic mass is 10.1. The maximum Gasteiger partial charge on any atom is 0.253 e. The first kappa shape index (κ1) is 16.1. The van der Waals surface area contributed by atoms with Gasteiger partial charge in [0.2, 0.25) is 0 Å². The summed E-state index contributed by atoms with van der Waals surface area (Å²) >= 11 is 11.7. The van der Waals surface area contributed by atoms with E-state index in [0.29, 0.717) is 17.8 Å². The van der Waals surface area contributed by atoms with Crippen molar-refractivity contribution >= 4 is 34.8 Å². The summed E-state index contributed by atoms with van der Waals surface area (Å²) in [5.41, 5.74) is 6.41. The predicted octanol–water partition coefficient (Wildman–Crippen LogP) is 2.81. The number of amides is 1. The minimum Gasteiger partial charge on any atom is -0.397 e. The Hall–Kier alpha value is -0.970. The highest BCUT2D eigenvalue weighted by atomic mass is 35.5. The molecule has 1 amide bonds. The van der Waals surface area contributed by atoms with Crippen molar-refractivity contribution in [2.24, 2.45) is 0 Å². The monoisotopic (exact) mass is 304 g/mol. The second-order valence-corrected chi connectivity index (χ2v) is 5.16. The minimum absolute atomic E-state index is 0.144. The van der Waals surface area contributed by atoms with Crippen molar-refractivity contribution in [1.29, 1.82) is 0 Å². The van der Waals surface area contributed by atoms with E-state index >= 15 is 0 Å². The topological polar surface area (TPSA) is 66.6 Å². The van der Waals surface area contributed by atoms with Crippen LogP contribution in [0.3, 0.4) is 0 Å². The Kier molecular flexibility index (Phi) is 6.42. The van der Waals surface area contributed by atoms with Crippen LogP contribution >= 0.6 is 23.2 Å². The molecule has 0 aliphatic heterocycles. The van der Waals surface area contributed by atoms with E-state index in [2.05, 4.69) is 0 Å². The van der Waals surface area contributed by atoms with Gasteiger partial charge < -0.3 is 15.7 Å². The van der Waals surface area contributed by atoms with Gasteiger partial charge in [0.1, 0.15) is 0 Å². The zero-order valence-corrected chi connectivity index (χ0v) is 12.3. The molecule has 4 nitrogen and oxygen atoms in total. The summed E-state index contributed by atoms with van der Waals surface area (Å²) in [5.74, 6) is -0.144. The molecule has 0 aliphatic rings. The van der Waals surface area contributed by atoms with Crippen molar-refractivity contribution in [3.8, 4) is 0 Å². The van der Waals surface area contributed by atoms with Crippen LogP contribution in [0.15, 0.2) is 12.1 Å². The number of hydrogen-bond acceptors (Lipinski definition) is 3. The van der Waals surface area contributed by atoms with Crippen LogP contribution in [-0.2, 0) is 0 Å². The SMILES string of the molecule is CN(CCCCCO)C(=O)c1cc(N)c(Cl)c(Cl)c1. The first-order chi connectivity index (χ1) is 8.97. The molecule has 0 aliphatic carbocycles. The van der Waals surface area contributed by atoms with E-state index in [1.807, 2.05) is 0 Å². The van der Waals surface area contributed by atoms with Gasteiger partial charge in [-0.2, -0.15) is 0 Å². The molecule has 1 aromatic rings. The van der Waals surface area contributed by atoms with Gasteiger partial charge in [-0.05, 0) is 31.4 Å². The van der Waals surface area contributed by atoms with Crippen LogP contribution < -0.4 is 5.73 Å². The van der Waals surface area contributed by atoms with Crippen LogP contribution in [0.1, 0.15) is 29.6 Å². The Morgan fingerprint density at radius 2 is 2.00 bits per heavy atom. The zero-order valence-electron chi connectivity index (χ0n) is 10.8. The third-order valence-electron chi connectivity index (χ3n) is 2.80. The van der Waals surface area contributed by atoms with Gasteiger partial charge in [0.05, 0.1) is 15.7 Å². The number of carbonyl (C=O) groups is 1. The molecule has 0 atom stereocenters. The van der Waals surface area contributed by atoms with E-state index in [4.69, 9.17) is 34.0 Å². The Balaban J connectivity index is 2.66. The maximum atomic E-state index is 12.1. The minimum atomic E-state index is -0.144. The van der Waals surface area contributed by atoms with Crippen LogP contribution in [0.5, 0.6) is 0 Å². The third kappa shape index (κ3) is 4.56. The molecule has 6 heteroatoms. The number of rotatable bonds is 6. The molecule has 0 saturated heterocycles. The van der Waals surface area contributed by atoms with Gasteiger partial charge in [0.15, 0.2) is 0 Å². The van der Waals surface area contributed by atoms with Gasteiger partial charge in [-0.1, -0.05) is 23.2 Å². The molecule has 0 radical (unpaired) electrons. The van der Waals surface area contributed by atoms with Gasteiger partial charge in [-0.25, -0.2) is 0 Å². The van der Waals surface area contributed by atoms with Crippen LogP contribution in [-0.4, -0.2) is 36.1 Å². The first-order valence-electron chi connectivity index (χ1n) is 6.08. The smallest absolute Gasteiger partial charge is 0.253 e. The van der Waals surface area contributed by atoms with E-state index in [1.165, 1.54) is 12.1 Å². The fraction of sp³-hybridized carbons (Fsp3) is 0.462. The molecule has 0 heterocycles. The fourth-order valence-corrected chi connectivity index (χ4v) is 2.03. The quantitative estimate of drug-likeness (QED) is 0.627. The summed E-state index contributed by atoms with van der Waals surface area (Å²) in [6.45, 7) is 0.806. The number of unbranched alkanes of at least 4 members (excludes halogenated alkanes) is 2. The van der Waals surface area contributed by atoms with Crippen LogP contribution in [0.2, 0.25) is 10.0 Å². The lowest BCUT2D eigenvalue weighted by Crippen LogP contribution is -2.27. The lowest BCUT2D eigenvalue weighted by Gasteiger charge is -2.17. The van der Waals surface area contributed by atoms with E-state index in [0.717, 1.165) is 19.3 Å². The van der Waals surface area contributed by atoms with Crippen molar-refractivity contribution in [2.75, 3.05) is 25.9 Å². The van der Waals surface area contributed by atoms with E-state index in [1.54, 1.807) is 11.9 Å². The summed E-state index contributed by atoms with van der Waals surface area (Å²) in [6, 6.07) is 3.05. The normalized spacial score (nSPS) is 10.5. The maximum absolute atomic E-state index is 12.1. The van der Waals surface area contributed by atoms with Crippen molar-refractivity contribution in [2.45, 2.75) is 19.3 Å². The molecule has 19 heavy (non-hydrogen) atoms. The van der Waals surface area contributed by atoms with E-state index < -0.39 is 0 Å². The number of nitrogens with zero attached hydrogens (tertiary/aromatic N) is 1. The van der Waals surface area contributed by atoms with Gasteiger partial charge >= 0.3 is 0 Å². The van der Waals surface area contributed by atoms with Crippen LogP contribution in [0.25, 0.3) is 0 Å². The highest BCUT2D eigenvalue weighted by Crippen LogP contribution is 2.29. The molecule has 0 bridgehead atoms. The standard InChI is InChI=1S/C13H18Cl2N2O2/c1-17(5-3-2-4-6-18)13(19)9-7-10(14)12(15)11(16)8-9/h7-8,18H,2-6,16H2,1H3. The molecule has 0 spiro atoms. The number of carbonyl (C=O) groups excluding carboxylic acids is 1. The summed E-state index contributed by atoms with van der Waals surface area (Å²) in [4.78, 5) is 13.8.